The number of aromatic nitrogens is 1. The van der Waals surface area contributed by atoms with Gasteiger partial charge in [0.15, 0.2) is 11.6 Å². The summed E-state index contributed by atoms with van der Waals surface area (Å²) in [4.78, 5) is 16.1. The number of pyridine rings is 1. The lowest BCUT2D eigenvalue weighted by Crippen LogP contribution is -2.27. The molecule has 1 aliphatic carbocycles. The number of amides is 1. The van der Waals surface area contributed by atoms with Crippen molar-refractivity contribution in [2.75, 3.05) is 10.6 Å². The van der Waals surface area contributed by atoms with Crippen LogP contribution in [0.3, 0.4) is 0 Å². The molecule has 1 fully saturated rings. The van der Waals surface area contributed by atoms with Crippen LogP contribution in [0.5, 0.6) is 0 Å². The Hall–Kier alpha value is -2.63. The van der Waals surface area contributed by atoms with E-state index in [1.807, 2.05) is 31.2 Å². The van der Waals surface area contributed by atoms with Gasteiger partial charge in [0.2, 0.25) is 0 Å². The van der Waals surface area contributed by atoms with Crippen LogP contribution in [0.4, 0.5) is 21.7 Å². The van der Waals surface area contributed by atoms with Crippen LogP contribution in [0, 0.1) is 18.7 Å². The molecular weight excluding hydrogens is 343 g/mol. The second-order valence-electron chi connectivity index (χ2n) is 7.44. The van der Waals surface area contributed by atoms with Crippen molar-refractivity contribution in [3.05, 3.63) is 47.3 Å². The number of carbonyl (C=O) groups excluding carboxylic acids is 1. The molecule has 1 amide bonds. The van der Waals surface area contributed by atoms with Crippen LogP contribution in [-0.4, -0.2) is 16.9 Å². The number of nitrogens with zero attached hydrogens (tertiary/aromatic N) is 1. The van der Waals surface area contributed by atoms with Gasteiger partial charge in [0, 0.05) is 11.7 Å². The van der Waals surface area contributed by atoms with E-state index >= 15 is 0 Å². The van der Waals surface area contributed by atoms with Gasteiger partial charge in [-0.25, -0.2) is 9.37 Å². The summed E-state index contributed by atoms with van der Waals surface area (Å²) in [6.45, 7) is 4.18. The molecule has 144 valence electrons. The Labute approximate surface area is 159 Å². The van der Waals surface area contributed by atoms with Crippen LogP contribution in [0.2, 0.25) is 0 Å². The fourth-order valence-electron chi connectivity index (χ4n) is 3.53. The smallest absolute Gasteiger partial charge is 0.252 e. The normalized spacial score (nSPS) is 20.0. The zero-order chi connectivity index (χ0) is 19.4. The van der Waals surface area contributed by atoms with E-state index in [1.54, 1.807) is 0 Å². The van der Waals surface area contributed by atoms with Crippen LogP contribution >= 0.6 is 0 Å². The van der Waals surface area contributed by atoms with Gasteiger partial charge in [-0.15, -0.1) is 0 Å². The van der Waals surface area contributed by atoms with Gasteiger partial charge in [-0.2, -0.15) is 0 Å². The van der Waals surface area contributed by atoms with Crippen molar-refractivity contribution in [1.29, 1.82) is 0 Å². The lowest BCUT2D eigenvalue weighted by Gasteiger charge is -2.24. The first-order chi connectivity index (χ1) is 12.9. The van der Waals surface area contributed by atoms with Crippen LogP contribution in [0.1, 0.15) is 54.9 Å². The zero-order valence-electron chi connectivity index (χ0n) is 15.9. The molecule has 5 nitrogen and oxygen atoms in total. The highest BCUT2D eigenvalue weighted by atomic mass is 19.1. The third-order valence-electron chi connectivity index (χ3n) is 5.24. The molecule has 0 aliphatic heterocycles. The number of nitrogens with one attached hydrogen (secondary N) is 2. The minimum atomic E-state index is -0.717. The molecule has 0 saturated heterocycles. The molecule has 6 heteroatoms. The van der Waals surface area contributed by atoms with Gasteiger partial charge < -0.3 is 16.4 Å². The third kappa shape index (κ3) is 4.76. The molecule has 1 heterocycles. The number of benzene rings is 1. The summed E-state index contributed by atoms with van der Waals surface area (Å²) in [7, 11) is 0. The molecule has 0 spiro atoms. The Kier molecular flexibility index (Phi) is 5.94. The maximum atomic E-state index is 14.6. The molecular formula is C21H27FN4O. The first-order valence-corrected chi connectivity index (χ1v) is 9.54. The predicted molar refractivity (Wildman–Crippen MR) is 107 cm³/mol. The lowest BCUT2D eigenvalue weighted by molar-refractivity contribution is 0.100. The minimum absolute atomic E-state index is 0.0348. The number of anilines is 3. The third-order valence-corrected chi connectivity index (χ3v) is 5.24. The van der Waals surface area contributed by atoms with E-state index in [0.717, 1.165) is 36.6 Å². The van der Waals surface area contributed by atoms with E-state index in [4.69, 9.17) is 5.73 Å². The van der Waals surface area contributed by atoms with Gasteiger partial charge in [-0.1, -0.05) is 43.9 Å². The van der Waals surface area contributed by atoms with Gasteiger partial charge in [-0.05, 0) is 43.9 Å². The summed E-state index contributed by atoms with van der Waals surface area (Å²) in [5, 5.41) is 6.35. The predicted octanol–water partition coefficient (Wildman–Crippen LogP) is 4.75. The van der Waals surface area contributed by atoms with E-state index in [0.29, 0.717) is 5.92 Å². The Bertz CT molecular complexity index is 807. The lowest BCUT2D eigenvalue weighted by atomic mass is 9.97. The van der Waals surface area contributed by atoms with Crippen molar-refractivity contribution < 1.29 is 9.18 Å². The molecule has 1 aliphatic rings. The Balaban J connectivity index is 1.90. The number of hydrogen-bond donors (Lipinski definition) is 3. The summed E-state index contributed by atoms with van der Waals surface area (Å²) in [6, 6.07) is 8.98. The summed E-state index contributed by atoms with van der Waals surface area (Å²) in [6.07, 6.45) is 5.64. The number of nitrogens with two attached hydrogens (primary N) is 1. The first kappa shape index (κ1) is 19.1. The summed E-state index contributed by atoms with van der Waals surface area (Å²) in [5.41, 5.74) is 7.35. The summed E-state index contributed by atoms with van der Waals surface area (Å²) >= 11 is 0. The summed E-state index contributed by atoms with van der Waals surface area (Å²) in [5.74, 6) is -0.414. The highest BCUT2D eigenvalue weighted by Crippen LogP contribution is 2.29. The van der Waals surface area contributed by atoms with Crippen LogP contribution in [0.15, 0.2) is 30.3 Å². The fraction of sp³-hybridized carbons (Fsp3) is 0.429. The van der Waals surface area contributed by atoms with Crippen molar-refractivity contribution in [2.24, 2.45) is 11.7 Å². The van der Waals surface area contributed by atoms with Gasteiger partial charge in [-0.3, -0.25) is 4.79 Å². The molecule has 3 rings (SSSR count). The molecule has 2 unspecified atom stereocenters. The Morgan fingerprint density at radius 1 is 1.15 bits per heavy atom. The second-order valence-corrected chi connectivity index (χ2v) is 7.44. The number of primary amides is 1. The number of hydrogen-bond acceptors (Lipinski definition) is 4. The van der Waals surface area contributed by atoms with Crippen LogP contribution in [-0.2, 0) is 0 Å². The number of carbonyl (C=O) groups is 1. The standard InChI is InChI=1S/C21H27FN4O/c1-13-8-10-15(11-9-13)24-20-16(19(23)27)12-17(22)21(26-20)25-18-7-5-3-4-6-14(18)2/h8-12,14,18H,3-7H2,1-2H3,(H2,23,27)(H2,24,25,26). The topological polar surface area (TPSA) is 80.0 Å². The van der Waals surface area contributed by atoms with Gasteiger partial charge >= 0.3 is 0 Å². The maximum Gasteiger partial charge on any atom is 0.252 e. The number of rotatable bonds is 5. The average Bonchev–Trinajstić information content (AvgIpc) is 2.84. The van der Waals surface area contributed by atoms with E-state index in [2.05, 4.69) is 22.5 Å². The first-order valence-electron chi connectivity index (χ1n) is 9.54. The highest BCUT2D eigenvalue weighted by molar-refractivity contribution is 5.98. The van der Waals surface area contributed by atoms with Crippen LogP contribution in [0.25, 0.3) is 0 Å². The van der Waals surface area contributed by atoms with E-state index in [9.17, 15) is 9.18 Å². The highest BCUT2D eigenvalue weighted by Gasteiger charge is 2.23. The van der Waals surface area contributed by atoms with Crippen molar-refractivity contribution in [3.8, 4) is 0 Å². The molecule has 2 atom stereocenters. The number of halogens is 1. The second kappa shape index (κ2) is 8.37. The van der Waals surface area contributed by atoms with E-state index in [1.165, 1.54) is 12.8 Å². The Morgan fingerprint density at radius 2 is 1.85 bits per heavy atom. The molecule has 27 heavy (non-hydrogen) atoms. The van der Waals surface area contributed by atoms with E-state index < -0.39 is 11.7 Å². The molecule has 0 radical (unpaired) electrons. The van der Waals surface area contributed by atoms with E-state index in [-0.39, 0.29) is 23.2 Å². The molecule has 1 saturated carbocycles. The molecule has 1 aromatic heterocycles. The van der Waals surface area contributed by atoms with Crippen molar-refractivity contribution >= 4 is 23.2 Å². The minimum Gasteiger partial charge on any atom is -0.365 e. The monoisotopic (exact) mass is 370 g/mol. The quantitative estimate of drug-likeness (QED) is 0.664. The van der Waals surface area contributed by atoms with Crippen molar-refractivity contribution in [3.63, 3.8) is 0 Å². The zero-order valence-corrected chi connectivity index (χ0v) is 15.9. The fourth-order valence-corrected chi connectivity index (χ4v) is 3.53. The van der Waals surface area contributed by atoms with Crippen molar-refractivity contribution in [2.45, 2.75) is 52.0 Å². The van der Waals surface area contributed by atoms with Gasteiger partial charge in [0.1, 0.15) is 5.82 Å². The average molecular weight is 370 g/mol. The molecule has 4 N–H and O–H groups in total. The molecule has 1 aromatic carbocycles. The largest absolute Gasteiger partial charge is 0.365 e. The van der Waals surface area contributed by atoms with Gasteiger partial charge in [0.25, 0.3) is 5.91 Å². The SMILES string of the molecule is Cc1ccc(Nc2nc(NC3CCCCCC3C)c(F)cc2C(N)=O)cc1. The Morgan fingerprint density at radius 3 is 2.56 bits per heavy atom. The maximum absolute atomic E-state index is 14.6. The summed E-state index contributed by atoms with van der Waals surface area (Å²) < 4.78 is 14.6. The van der Waals surface area contributed by atoms with Crippen LogP contribution < -0.4 is 16.4 Å². The number of aryl methyl sites for hydroxylation is 1. The molecule has 2 aromatic rings. The van der Waals surface area contributed by atoms with Crippen molar-refractivity contribution in [1.82, 2.24) is 4.98 Å². The van der Waals surface area contributed by atoms with Gasteiger partial charge in [0.05, 0.1) is 5.56 Å². The molecule has 0 bridgehead atoms.